The average Bonchev–Trinajstić information content (AvgIpc) is 2.15. The second kappa shape index (κ2) is 4.62. The average molecular weight is 306 g/mol. The van der Waals surface area contributed by atoms with E-state index in [1.54, 1.807) is 0 Å². The maximum Gasteiger partial charge on any atom is 0.433 e. The zero-order chi connectivity index (χ0) is 12.5. The Balaban J connectivity index is 3.40. The first-order valence-electron chi connectivity index (χ1n) is 3.93. The van der Waals surface area contributed by atoms with Crippen LogP contribution >= 0.6 is 15.9 Å². The molecule has 8 heteroatoms. The molecule has 16 heavy (non-hydrogen) atoms. The first kappa shape index (κ1) is 13.3. The van der Waals surface area contributed by atoms with Crippen LogP contribution in [0.5, 0.6) is 0 Å². The lowest BCUT2D eigenvalue weighted by Gasteiger charge is -2.12. The lowest BCUT2D eigenvalue weighted by atomic mass is 10.2. The summed E-state index contributed by atoms with van der Waals surface area (Å²) in [5.41, 5.74) is -2.76. The van der Waals surface area contributed by atoms with Gasteiger partial charge in [0.1, 0.15) is 11.4 Å². The van der Waals surface area contributed by atoms with Gasteiger partial charge in [0, 0.05) is 0 Å². The van der Waals surface area contributed by atoms with Gasteiger partial charge in [0.15, 0.2) is 0 Å². The van der Waals surface area contributed by atoms with E-state index in [4.69, 9.17) is 5.11 Å². The highest BCUT2D eigenvalue weighted by molar-refractivity contribution is 9.10. The standard InChI is InChI=1S/C8H5BrF5NO/c9-5-3(2-16)1-4(8(12,13)14)15-6(5)7(10)11/h1,7,16H,2H2. The summed E-state index contributed by atoms with van der Waals surface area (Å²) in [5.74, 6) is 0. The molecule has 2 nitrogen and oxygen atoms in total. The number of hydrogen-bond acceptors (Lipinski definition) is 2. The fourth-order valence-electron chi connectivity index (χ4n) is 1.01. The van der Waals surface area contributed by atoms with Gasteiger partial charge in [0.2, 0.25) is 0 Å². The van der Waals surface area contributed by atoms with Gasteiger partial charge in [0.05, 0.1) is 11.1 Å². The van der Waals surface area contributed by atoms with Gasteiger partial charge >= 0.3 is 6.18 Å². The van der Waals surface area contributed by atoms with Gasteiger partial charge in [0.25, 0.3) is 6.43 Å². The Bertz CT molecular complexity index is 393. The highest BCUT2D eigenvalue weighted by atomic mass is 79.9. The summed E-state index contributed by atoms with van der Waals surface area (Å²) in [6.45, 7) is -0.786. The Morgan fingerprint density at radius 1 is 1.38 bits per heavy atom. The third kappa shape index (κ3) is 2.67. The maximum atomic E-state index is 12.4. The number of halogens is 6. The second-order valence-electron chi connectivity index (χ2n) is 2.82. The highest BCUT2D eigenvalue weighted by Gasteiger charge is 2.35. The summed E-state index contributed by atoms with van der Waals surface area (Å²) < 4.78 is 61.3. The van der Waals surface area contributed by atoms with Crippen LogP contribution in [0.3, 0.4) is 0 Å². The Labute approximate surface area is 95.2 Å². The number of aliphatic hydroxyl groups excluding tert-OH is 1. The minimum Gasteiger partial charge on any atom is -0.392 e. The molecule has 1 N–H and O–H groups in total. The smallest absolute Gasteiger partial charge is 0.392 e. The summed E-state index contributed by atoms with van der Waals surface area (Å²) >= 11 is 2.67. The predicted molar refractivity (Wildman–Crippen MR) is 47.8 cm³/mol. The number of alkyl halides is 5. The van der Waals surface area contributed by atoms with Crippen LogP contribution in [-0.4, -0.2) is 10.1 Å². The van der Waals surface area contributed by atoms with Crippen molar-refractivity contribution in [1.82, 2.24) is 4.98 Å². The van der Waals surface area contributed by atoms with E-state index in [0.717, 1.165) is 0 Å². The van der Waals surface area contributed by atoms with Crippen molar-refractivity contribution < 1.29 is 27.1 Å². The SMILES string of the molecule is OCc1cc(C(F)(F)F)nc(C(F)F)c1Br. The van der Waals surface area contributed by atoms with Crippen LogP contribution in [0.4, 0.5) is 22.0 Å². The van der Waals surface area contributed by atoms with Crippen molar-refractivity contribution in [2.75, 3.05) is 0 Å². The molecule has 0 saturated heterocycles. The fourth-order valence-corrected chi connectivity index (χ4v) is 1.51. The van der Waals surface area contributed by atoms with Crippen LogP contribution in [0.25, 0.3) is 0 Å². The van der Waals surface area contributed by atoms with Crippen molar-refractivity contribution in [1.29, 1.82) is 0 Å². The number of aromatic nitrogens is 1. The number of rotatable bonds is 2. The third-order valence-corrected chi connectivity index (χ3v) is 2.64. The summed E-state index contributed by atoms with van der Waals surface area (Å²) in [4.78, 5) is 2.82. The van der Waals surface area contributed by atoms with E-state index in [0.29, 0.717) is 6.07 Å². The minimum absolute atomic E-state index is 0.280. The molecule has 1 aromatic rings. The van der Waals surface area contributed by atoms with E-state index in [1.165, 1.54) is 0 Å². The van der Waals surface area contributed by atoms with Crippen LogP contribution < -0.4 is 0 Å². The molecule has 0 spiro atoms. The number of aliphatic hydroxyl groups is 1. The van der Waals surface area contributed by atoms with Crippen molar-refractivity contribution in [3.05, 3.63) is 27.5 Å². The topological polar surface area (TPSA) is 33.1 Å². The molecule has 0 aliphatic rings. The third-order valence-electron chi connectivity index (χ3n) is 1.73. The van der Waals surface area contributed by atoms with Crippen molar-refractivity contribution in [2.45, 2.75) is 19.2 Å². The molecule has 0 fully saturated rings. The molecule has 1 rings (SSSR count). The van der Waals surface area contributed by atoms with E-state index in [-0.39, 0.29) is 10.0 Å². The summed E-state index contributed by atoms with van der Waals surface area (Å²) in [6, 6.07) is 0.524. The zero-order valence-electron chi connectivity index (χ0n) is 7.52. The normalized spacial score (nSPS) is 12.2. The van der Waals surface area contributed by atoms with Gasteiger partial charge in [-0.1, -0.05) is 0 Å². The van der Waals surface area contributed by atoms with Crippen LogP contribution in [-0.2, 0) is 12.8 Å². The van der Waals surface area contributed by atoms with Crippen molar-refractivity contribution >= 4 is 15.9 Å². The summed E-state index contributed by atoms with van der Waals surface area (Å²) in [5, 5.41) is 8.74. The molecule has 1 aromatic heterocycles. The molecule has 0 bridgehead atoms. The highest BCUT2D eigenvalue weighted by Crippen LogP contribution is 2.34. The largest absolute Gasteiger partial charge is 0.433 e. The molecule has 0 aliphatic heterocycles. The van der Waals surface area contributed by atoms with Crippen LogP contribution in [0, 0.1) is 0 Å². The van der Waals surface area contributed by atoms with Gasteiger partial charge in [-0.15, -0.1) is 0 Å². The van der Waals surface area contributed by atoms with Gasteiger partial charge in [-0.2, -0.15) is 13.2 Å². The van der Waals surface area contributed by atoms with Crippen LogP contribution in [0.1, 0.15) is 23.4 Å². The molecule has 0 aliphatic carbocycles. The maximum absolute atomic E-state index is 12.4. The molecule has 0 unspecified atom stereocenters. The molecule has 1 heterocycles. The van der Waals surface area contributed by atoms with Gasteiger partial charge in [-0.05, 0) is 27.6 Å². The minimum atomic E-state index is -4.83. The van der Waals surface area contributed by atoms with Crippen molar-refractivity contribution in [3.8, 4) is 0 Å². The lowest BCUT2D eigenvalue weighted by molar-refractivity contribution is -0.141. The van der Waals surface area contributed by atoms with Crippen molar-refractivity contribution in [3.63, 3.8) is 0 Å². The monoisotopic (exact) mass is 305 g/mol. The molecular weight excluding hydrogens is 301 g/mol. The molecule has 0 aromatic carbocycles. The predicted octanol–water partition coefficient (Wildman–Crippen LogP) is 3.29. The van der Waals surface area contributed by atoms with E-state index in [1.807, 2.05) is 0 Å². The summed E-state index contributed by atoms with van der Waals surface area (Å²) in [6.07, 6.45) is -7.98. The Hall–Kier alpha value is -0.760. The molecule has 0 radical (unpaired) electrons. The fraction of sp³-hybridized carbons (Fsp3) is 0.375. The van der Waals surface area contributed by atoms with E-state index < -0.39 is 30.6 Å². The number of hydrogen-bond donors (Lipinski definition) is 1. The molecule has 90 valence electrons. The molecule has 0 atom stereocenters. The molecular formula is C8H5BrF5NO. The lowest BCUT2D eigenvalue weighted by Crippen LogP contribution is -2.12. The molecule has 0 amide bonds. The Morgan fingerprint density at radius 3 is 2.31 bits per heavy atom. The van der Waals surface area contributed by atoms with Gasteiger partial charge in [-0.25, -0.2) is 13.8 Å². The van der Waals surface area contributed by atoms with Crippen LogP contribution in [0.2, 0.25) is 0 Å². The Morgan fingerprint density at radius 2 is 1.94 bits per heavy atom. The Kier molecular flexibility index (Phi) is 3.84. The van der Waals surface area contributed by atoms with Crippen LogP contribution in [0.15, 0.2) is 10.5 Å². The first-order valence-corrected chi connectivity index (χ1v) is 4.72. The van der Waals surface area contributed by atoms with Gasteiger partial charge in [-0.3, -0.25) is 0 Å². The summed E-state index contributed by atoms with van der Waals surface area (Å²) in [7, 11) is 0. The number of pyridine rings is 1. The van der Waals surface area contributed by atoms with Gasteiger partial charge < -0.3 is 5.11 Å². The van der Waals surface area contributed by atoms with Crippen molar-refractivity contribution in [2.24, 2.45) is 0 Å². The zero-order valence-corrected chi connectivity index (χ0v) is 9.11. The second-order valence-corrected chi connectivity index (χ2v) is 3.62. The quantitative estimate of drug-likeness (QED) is 0.851. The van der Waals surface area contributed by atoms with E-state index in [2.05, 4.69) is 20.9 Å². The van der Waals surface area contributed by atoms with E-state index >= 15 is 0 Å². The first-order chi connectivity index (χ1) is 7.27. The molecule has 0 saturated carbocycles. The number of nitrogens with zero attached hydrogens (tertiary/aromatic N) is 1. The van der Waals surface area contributed by atoms with E-state index in [9.17, 15) is 22.0 Å².